The summed E-state index contributed by atoms with van der Waals surface area (Å²) in [6, 6.07) is 0.923. The number of likely N-dealkylation sites (N-methyl/N-ethyl adjacent to an activating group) is 1. The molecule has 3 heterocycles. The zero-order chi connectivity index (χ0) is 22.4. The van der Waals surface area contributed by atoms with Crippen molar-refractivity contribution in [2.24, 2.45) is 5.92 Å². The van der Waals surface area contributed by atoms with Crippen LogP contribution in [0, 0.1) is 5.92 Å². The molecule has 4 rings (SSSR count). The number of hydrogen-bond acceptors (Lipinski definition) is 5. The fourth-order valence-corrected chi connectivity index (χ4v) is 6.52. The molecule has 0 aromatic heterocycles. The maximum atomic E-state index is 13.2. The number of carbonyl (C=O) groups excluding carboxylic acids is 1. The van der Waals surface area contributed by atoms with Gasteiger partial charge in [0.1, 0.15) is 0 Å². The van der Waals surface area contributed by atoms with Crippen molar-refractivity contribution in [3.63, 3.8) is 0 Å². The van der Waals surface area contributed by atoms with Crippen LogP contribution in [-0.4, -0.2) is 97.6 Å². The summed E-state index contributed by atoms with van der Waals surface area (Å²) in [4.78, 5) is 20.4. The van der Waals surface area contributed by atoms with Gasteiger partial charge in [-0.15, -0.1) is 0 Å². The number of rotatable bonds is 7. The SMILES string of the molecule is CCCN1C[C@@H](NC(=O)N(CC)CCN2CCCCCC2)C[C@@H]2CC3(CC[C@H]21)OCCO3. The van der Waals surface area contributed by atoms with E-state index in [1.54, 1.807) is 0 Å². The van der Waals surface area contributed by atoms with Crippen LogP contribution in [0.2, 0.25) is 0 Å². The van der Waals surface area contributed by atoms with Crippen LogP contribution in [0.25, 0.3) is 0 Å². The molecule has 1 spiro atoms. The molecule has 4 fully saturated rings. The van der Waals surface area contributed by atoms with Crippen molar-refractivity contribution in [2.45, 2.75) is 89.5 Å². The van der Waals surface area contributed by atoms with E-state index in [2.05, 4.69) is 29.0 Å². The number of piperidine rings is 1. The maximum absolute atomic E-state index is 13.2. The molecule has 0 bridgehead atoms. The second-order valence-corrected chi connectivity index (χ2v) is 10.4. The molecular weight excluding hydrogens is 404 g/mol. The van der Waals surface area contributed by atoms with E-state index in [0.717, 1.165) is 78.0 Å². The first-order chi connectivity index (χ1) is 15.6. The van der Waals surface area contributed by atoms with E-state index in [4.69, 9.17) is 9.47 Å². The van der Waals surface area contributed by atoms with Crippen molar-refractivity contribution in [1.29, 1.82) is 0 Å². The van der Waals surface area contributed by atoms with Crippen LogP contribution in [-0.2, 0) is 9.47 Å². The number of urea groups is 1. The predicted octanol–water partition coefficient (Wildman–Crippen LogP) is 3.29. The summed E-state index contributed by atoms with van der Waals surface area (Å²) >= 11 is 0. The molecule has 7 nitrogen and oxygen atoms in total. The van der Waals surface area contributed by atoms with Gasteiger partial charge < -0.3 is 24.6 Å². The zero-order valence-corrected chi connectivity index (χ0v) is 20.5. The molecule has 184 valence electrons. The van der Waals surface area contributed by atoms with Crippen LogP contribution >= 0.6 is 0 Å². The number of amides is 2. The Labute approximate surface area is 195 Å². The number of likely N-dealkylation sites (tertiary alicyclic amines) is 2. The van der Waals surface area contributed by atoms with Gasteiger partial charge in [-0.2, -0.15) is 0 Å². The van der Waals surface area contributed by atoms with Crippen molar-refractivity contribution in [1.82, 2.24) is 20.0 Å². The molecule has 2 amide bonds. The van der Waals surface area contributed by atoms with Gasteiger partial charge in [-0.25, -0.2) is 4.79 Å². The summed E-state index contributed by atoms with van der Waals surface area (Å²) in [6.07, 6.45) is 10.6. The number of nitrogens with zero attached hydrogens (tertiary/aromatic N) is 3. The largest absolute Gasteiger partial charge is 0.348 e. The molecule has 3 atom stereocenters. The van der Waals surface area contributed by atoms with E-state index in [9.17, 15) is 4.79 Å². The minimum absolute atomic E-state index is 0.112. The monoisotopic (exact) mass is 450 g/mol. The van der Waals surface area contributed by atoms with Crippen LogP contribution < -0.4 is 5.32 Å². The summed E-state index contributed by atoms with van der Waals surface area (Å²) < 4.78 is 12.1. The van der Waals surface area contributed by atoms with Gasteiger partial charge in [0.05, 0.1) is 13.2 Å². The molecule has 0 unspecified atom stereocenters. The van der Waals surface area contributed by atoms with E-state index in [1.807, 2.05) is 4.90 Å². The minimum atomic E-state index is -0.354. The Bertz CT molecular complexity index is 590. The standard InChI is InChI=1S/C25H46N4O3/c1-3-11-29-20-22(18-21-19-25(10-9-23(21)29)31-16-17-32-25)26-24(30)28(4-2)15-14-27-12-7-5-6-8-13-27/h21-23H,3-20H2,1-2H3,(H,26,30)/t21-,22+,23-/m1/s1. The first-order valence-corrected chi connectivity index (χ1v) is 13.4. The summed E-state index contributed by atoms with van der Waals surface area (Å²) in [5.41, 5.74) is 0. The molecule has 3 aliphatic heterocycles. The summed E-state index contributed by atoms with van der Waals surface area (Å²) in [5, 5.41) is 3.42. The Morgan fingerprint density at radius 2 is 1.84 bits per heavy atom. The molecule has 0 aromatic carbocycles. The molecule has 1 saturated carbocycles. The molecular formula is C25H46N4O3. The van der Waals surface area contributed by atoms with Gasteiger partial charge in [-0.1, -0.05) is 19.8 Å². The molecule has 32 heavy (non-hydrogen) atoms. The van der Waals surface area contributed by atoms with Crippen molar-refractivity contribution in [3.8, 4) is 0 Å². The van der Waals surface area contributed by atoms with Crippen LogP contribution in [0.5, 0.6) is 0 Å². The normalized spacial score (nSPS) is 31.2. The second kappa shape index (κ2) is 11.5. The van der Waals surface area contributed by atoms with Crippen molar-refractivity contribution >= 4 is 6.03 Å². The van der Waals surface area contributed by atoms with E-state index in [0.29, 0.717) is 12.0 Å². The molecule has 1 aliphatic carbocycles. The lowest BCUT2D eigenvalue weighted by molar-refractivity contribution is -0.201. The first-order valence-electron chi connectivity index (χ1n) is 13.4. The fraction of sp³-hybridized carbons (Fsp3) is 0.960. The highest BCUT2D eigenvalue weighted by molar-refractivity contribution is 5.74. The molecule has 4 aliphatic rings. The fourth-order valence-electron chi connectivity index (χ4n) is 6.52. The van der Waals surface area contributed by atoms with Gasteiger partial charge in [-0.05, 0) is 64.6 Å². The minimum Gasteiger partial charge on any atom is -0.348 e. The Morgan fingerprint density at radius 3 is 2.53 bits per heavy atom. The maximum Gasteiger partial charge on any atom is 0.317 e. The molecule has 7 heteroatoms. The Morgan fingerprint density at radius 1 is 1.09 bits per heavy atom. The number of fused-ring (bicyclic) bond motifs is 1. The highest BCUT2D eigenvalue weighted by atomic mass is 16.7. The lowest BCUT2D eigenvalue weighted by Gasteiger charge is -2.51. The van der Waals surface area contributed by atoms with Crippen LogP contribution in [0.1, 0.15) is 71.6 Å². The van der Waals surface area contributed by atoms with E-state index in [-0.39, 0.29) is 17.9 Å². The van der Waals surface area contributed by atoms with Gasteiger partial charge in [-0.3, -0.25) is 4.90 Å². The quantitative estimate of drug-likeness (QED) is 0.645. The van der Waals surface area contributed by atoms with Crippen LogP contribution in [0.15, 0.2) is 0 Å². The molecule has 0 radical (unpaired) electrons. The van der Waals surface area contributed by atoms with E-state index >= 15 is 0 Å². The Balaban J connectivity index is 1.32. The Kier molecular flexibility index (Phi) is 8.71. The summed E-state index contributed by atoms with van der Waals surface area (Å²) in [7, 11) is 0. The average molecular weight is 451 g/mol. The molecule has 0 aromatic rings. The van der Waals surface area contributed by atoms with Gasteiger partial charge in [0.15, 0.2) is 5.79 Å². The van der Waals surface area contributed by atoms with E-state index in [1.165, 1.54) is 38.8 Å². The van der Waals surface area contributed by atoms with Gasteiger partial charge in [0.2, 0.25) is 0 Å². The number of hydrogen-bond donors (Lipinski definition) is 1. The van der Waals surface area contributed by atoms with Crippen molar-refractivity contribution in [3.05, 3.63) is 0 Å². The van der Waals surface area contributed by atoms with Crippen molar-refractivity contribution < 1.29 is 14.3 Å². The van der Waals surface area contributed by atoms with Crippen LogP contribution in [0.3, 0.4) is 0 Å². The highest BCUT2D eigenvalue weighted by Gasteiger charge is 2.49. The predicted molar refractivity (Wildman–Crippen MR) is 127 cm³/mol. The van der Waals surface area contributed by atoms with Gasteiger partial charge in [0, 0.05) is 51.1 Å². The topological polar surface area (TPSA) is 57.3 Å². The smallest absolute Gasteiger partial charge is 0.317 e. The third-order valence-corrected chi connectivity index (χ3v) is 8.16. The third-order valence-electron chi connectivity index (χ3n) is 8.16. The second-order valence-electron chi connectivity index (χ2n) is 10.4. The van der Waals surface area contributed by atoms with E-state index < -0.39 is 0 Å². The van der Waals surface area contributed by atoms with Crippen molar-refractivity contribution in [2.75, 3.05) is 59.0 Å². The molecule has 3 saturated heterocycles. The van der Waals surface area contributed by atoms with Crippen LogP contribution in [0.4, 0.5) is 4.79 Å². The number of ether oxygens (including phenoxy) is 2. The third kappa shape index (κ3) is 5.96. The summed E-state index contributed by atoms with van der Waals surface area (Å²) in [5.74, 6) is 0.174. The lowest BCUT2D eigenvalue weighted by Crippen LogP contribution is -2.60. The highest BCUT2D eigenvalue weighted by Crippen LogP contribution is 2.44. The number of carbonyl (C=O) groups is 1. The van der Waals surface area contributed by atoms with Gasteiger partial charge in [0.25, 0.3) is 0 Å². The Hall–Kier alpha value is -0.890. The number of nitrogens with one attached hydrogen (secondary N) is 1. The summed E-state index contributed by atoms with van der Waals surface area (Å²) in [6.45, 7) is 12.8. The average Bonchev–Trinajstić information content (AvgIpc) is 3.06. The zero-order valence-electron chi connectivity index (χ0n) is 20.5. The first kappa shape index (κ1) is 24.2. The molecule has 1 N–H and O–H groups in total. The lowest BCUT2D eigenvalue weighted by atomic mass is 9.74. The van der Waals surface area contributed by atoms with Gasteiger partial charge >= 0.3 is 6.03 Å².